The summed E-state index contributed by atoms with van der Waals surface area (Å²) in [5, 5.41) is 8.12. The molecule has 0 spiro atoms. The molecule has 2 rings (SSSR count). The minimum atomic E-state index is -0.178. The fraction of sp³-hybridized carbons (Fsp3) is 0.600. The van der Waals surface area contributed by atoms with Gasteiger partial charge in [-0.3, -0.25) is 9.59 Å². The minimum absolute atomic E-state index is 0.0523. The van der Waals surface area contributed by atoms with Gasteiger partial charge in [0.05, 0.1) is 11.4 Å². The first kappa shape index (κ1) is 16.4. The fourth-order valence-electron chi connectivity index (χ4n) is 2.59. The van der Waals surface area contributed by atoms with E-state index in [-0.39, 0.29) is 24.4 Å². The third-order valence-corrected chi connectivity index (χ3v) is 5.78. The van der Waals surface area contributed by atoms with Crippen molar-refractivity contribution in [1.82, 2.24) is 10.6 Å². The Hall–Kier alpha value is -1.01. The molecule has 1 aromatic rings. The summed E-state index contributed by atoms with van der Waals surface area (Å²) in [4.78, 5) is 24.4. The number of carbonyl (C=O) groups excluding carboxylic acids is 2. The molecular weight excluding hydrogens is 304 g/mol. The number of hydrogen-bond acceptors (Lipinski definition) is 4. The molecular formula is C15H22N2O2S2. The summed E-state index contributed by atoms with van der Waals surface area (Å²) in [5.41, 5.74) is 0. The van der Waals surface area contributed by atoms with Gasteiger partial charge in [-0.05, 0) is 30.0 Å². The molecule has 2 amide bonds. The lowest BCUT2D eigenvalue weighted by Crippen LogP contribution is -2.47. The van der Waals surface area contributed by atoms with Gasteiger partial charge in [0.2, 0.25) is 5.91 Å². The van der Waals surface area contributed by atoms with E-state index in [1.54, 1.807) is 6.07 Å². The first-order valence-corrected chi connectivity index (χ1v) is 9.36. The van der Waals surface area contributed by atoms with Gasteiger partial charge >= 0.3 is 0 Å². The third kappa shape index (κ3) is 5.04. The molecule has 0 aliphatic heterocycles. The van der Waals surface area contributed by atoms with Crippen molar-refractivity contribution < 1.29 is 9.59 Å². The Kier molecular flexibility index (Phi) is 6.57. The maximum absolute atomic E-state index is 12.0. The molecule has 116 valence electrons. The fourth-order valence-corrected chi connectivity index (χ4v) is 4.43. The molecule has 4 nitrogen and oxygen atoms in total. The average molecular weight is 326 g/mol. The van der Waals surface area contributed by atoms with Gasteiger partial charge in [0.15, 0.2) is 0 Å². The van der Waals surface area contributed by atoms with E-state index in [9.17, 15) is 9.59 Å². The van der Waals surface area contributed by atoms with E-state index in [0.717, 1.165) is 12.2 Å². The average Bonchev–Trinajstić information content (AvgIpc) is 3.01. The minimum Gasteiger partial charge on any atom is -0.351 e. The lowest BCUT2D eigenvalue weighted by atomic mass is 9.95. The second kappa shape index (κ2) is 8.44. The van der Waals surface area contributed by atoms with Crippen LogP contribution in [0.5, 0.6) is 0 Å². The van der Waals surface area contributed by atoms with Gasteiger partial charge in [0, 0.05) is 11.3 Å². The summed E-state index contributed by atoms with van der Waals surface area (Å²) >= 11 is 3.30. The number of thioether (sulfide) groups is 1. The number of nitrogens with one attached hydrogen (secondary N) is 2. The van der Waals surface area contributed by atoms with Gasteiger partial charge < -0.3 is 10.6 Å². The number of carbonyl (C=O) groups is 2. The van der Waals surface area contributed by atoms with Crippen molar-refractivity contribution in [2.75, 3.05) is 12.3 Å². The maximum Gasteiger partial charge on any atom is 0.261 e. The highest BCUT2D eigenvalue weighted by atomic mass is 32.2. The molecule has 1 aliphatic carbocycles. The zero-order valence-electron chi connectivity index (χ0n) is 12.3. The van der Waals surface area contributed by atoms with Crippen LogP contribution in [0.25, 0.3) is 0 Å². The SMILES string of the molecule is CCS[C@H]1CCCC[C@@H]1NC(=O)CNC(=O)c1cccs1. The van der Waals surface area contributed by atoms with E-state index in [2.05, 4.69) is 17.6 Å². The van der Waals surface area contributed by atoms with Gasteiger partial charge in [-0.25, -0.2) is 0 Å². The van der Waals surface area contributed by atoms with Gasteiger partial charge in [-0.2, -0.15) is 11.8 Å². The van der Waals surface area contributed by atoms with Crippen LogP contribution in [0.1, 0.15) is 42.3 Å². The van der Waals surface area contributed by atoms with E-state index in [0.29, 0.717) is 10.1 Å². The summed E-state index contributed by atoms with van der Waals surface area (Å²) in [6.07, 6.45) is 4.64. The van der Waals surface area contributed by atoms with Crippen LogP contribution >= 0.6 is 23.1 Å². The Morgan fingerprint density at radius 3 is 2.90 bits per heavy atom. The summed E-state index contributed by atoms with van der Waals surface area (Å²) in [5.74, 6) is 0.809. The van der Waals surface area contributed by atoms with Crippen LogP contribution in [-0.2, 0) is 4.79 Å². The summed E-state index contributed by atoms with van der Waals surface area (Å²) < 4.78 is 0. The Labute approximate surface area is 134 Å². The molecule has 21 heavy (non-hydrogen) atoms. The van der Waals surface area contributed by atoms with E-state index < -0.39 is 0 Å². The maximum atomic E-state index is 12.0. The highest BCUT2D eigenvalue weighted by Gasteiger charge is 2.26. The molecule has 1 heterocycles. The topological polar surface area (TPSA) is 58.2 Å². The van der Waals surface area contributed by atoms with Crippen LogP contribution in [0.2, 0.25) is 0 Å². The van der Waals surface area contributed by atoms with E-state index in [1.807, 2.05) is 23.2 Å². The van der Waals surface area contributed by atoms with E-state index in [4.69, 9.17) is 0 Å². The normalized spacial score (nSPS) is 21.8. The zero-order chi connectivity index (χ0) is 15.1. The quantitative estimate of drug-likeness (QED) is 0.845. The van der Waals surface area contributed by atoms with Crippen molar-refractivity contribution in [3.8, 4) is 0 Å². The molecule has 1 aliphatic rings. The summed E-state index contributed by atoms with van der Waals surface area (Å²) in [7, 11) is 0. The van der Waals surface area contributed by atoms with Crippen molar-refractivity contribution in [2.24, 2.45) is 0 Å². The molecule has 0 saturated heterocycles. The van der Waals surface area contributed by atoms with Crippen molar-refractivity contribution in [3.05, 3.63) is 22.4 Å². The molecule has 1 aromatic heterocycles. The number of thiophene rings is 1. The molecule has 2 atom stereocenters. The molecule has 1 fully saturated rings. The van der Waals surface area contributed by atoms with Crippen LogP contribution in [0.4, 0.5) is 0 Å². The largest absolute Gasteiger partial charge is 0.351 e. The van der Waals surface area contributed by atoms with Crippen LogP contribution in [-0.4, -0.2) is 35.4 Å². The number of amides is 2. The predicted molar refractivity (Wildman–Crippen MR) is 89.0 cm³/mol. The monoisotopic (exact) mass is 326 g/mol. The molecule has 0 aromatic carbocycles. The highest BCUT2D eigenvalue weighted by molar-refractivity contribution is 7.99. The smallest absolute Gasteiger partial charge is 0.261 e. The lowest BCUT2D eigenvalue weighted by Gasteiger charge is -2.31. The van der Waals surface area contributed by atoms with E-state index >= 15 is 0 Å². The zero-order valence-corrected chi connectivity index (χ0v) is 13.9. The first-order valence-electron chi connectivity index (χ1n) is 7.43. The van der Waals surface area contributed by atoms with Gasteiger partial charge in [0.1, 0.15) is 0 Å². The van der Waals surface area contributed by atoms with Gasteiger partial charge in [-0.1, -0.05) is 25.8 Å². The Bertz CT molecular complexity index is 460. The molecule has 0 bridgehead atoms. The Balaban J connectivity index is 1.76. The Morgan fingerprint density at radius 2 is 2.19 bits per heavy atom. The van der Waals surface area contributed by atoms with Gasteiger partial charge in [-0.15, -0.1) is 11.3 Å². The van der Waals surface area contributed by atoms with Gasteiger partial charge in [0.25, 0.3) is 5.91 Å². The van der Waals surface area contributed by atoms with Crippen molar-refractivity contribution in [1.29, 1.82) is 0 Å². The second-order valence-corrected chi connectivity index (χ2v) is 7.58. The molecule has 6 heteroatoms. The first-order chi connectivity index (χ1) is 10.2. The van der Waals surface area contributed by atoms with Crippen molar-refractivity contribution in [3.63, 3.8) is 0 Å². The second-order valence-electron chi connectivity index (χ2n) is 5.11. The Morgan fingerprint density at radius 1 is 1.38 bits per heavy atom. The number of rotatable bonds is 6. The highest BCUT2D eigenvalue weighted by Crippen LogP contribution is 2.28. The molecule has 0 unspecified atom stereocenters. The lowest BCUT2D eigenvalue weighted by molar-refractivity contribution is -0.121. The van der Waals surface area contributed by atoms with Crippen molar-refractivity contribution >= 4 is 34.9 Å². The van der Waals surface area contributed by atoms with E-state index in [1.165, 1.54) is 30.6 Å². The number of hydrogen-bond donors (Lipinski definition) is 2. The van der Waals surface area contributed by atoms with Crippen molar-refractivity contribution in [2.45, 2.75) is 43.9 Å². The molecule has 0 radical (unpaired) electrons. The van der Waals surface area contributed by atoms with Crippen LogP contribution < -0.4 is 10.6 Å². The third-order valence-electron chi connectivity index (χ3n) is 3.58. The summed E-state index contributed by atoms with van der Waals surface area (Å²) in [6.45, 7) is 2.20. The standard InChI is InChI=1S/C15H22N2O2S2/c1-2-20-12-7-4-3-6-11(12)17-14(18)10-16-15(19)13-8-5-9-21-13/h5,8-9,11-12H,2-4,6-7,10H2,1H3,(H,16,19)(H,17,18)/t11-,12-/m0/s1. The van der Waals surface area contributed by atoms with Crippen LogP contribution in [0, 0.1) is 0 Å². The summed E-state index contributed by atoms with van der Waals surface area (Å²) in [6, 6.07) is 3.83. The van der Waals surface area contributed by atoms with Crippen LogP contribution in [0.3, 0.4) is 0 Å². The molecule has 2 N–H and O–H groups in total. The van der Waals surface area contributed by atoms with Crippen LogP contribution in [0.15, 0.2) is 17.5 Å². The molecule has 1 saturated carbocycles. The predicted octanol–water partition coefficient (Wildman–Crippen LogP) is 2.66.